The fourth-order valence-corrected chi connectivity index (χ4v) is 7.23. The molecule has 4 aliphatic rings. The molecule has 0 amide bonds. The first-order chi connectivity index (χ1) is 14.4. The first kappa shape index (κ1) is 22.4. The molecule has 0 aromatic carbocycles. The third-order valence-electron chi connectivity index (χ3n) is 8.81. The maximum Gasteiger partial charge on any atom is 0.334 e. The Morgan fingerprint density at radius 3 is 2.48 bits per heavy atom. The number of fused-ring (bicyclic) bond motifs is 3. The fourth-order valence-electron chi connectivity index (χ4n) is 7.23. The van der Waals surface area contributed by atoms with Gasteiger partial charge in [0.05, 0.1) is 12.0 Å². The van der Waals surface area contributed by atoms with E-state index in [1.165, 1.54) is 0 Å². The van der Waals surface area contributed by atoms with Crippen LogP contribution in [-0.4, -0.2) is 51.5 Å². The Hall–Kier alpha value is -1.76. The Balaban J connectivity index is 1.95. The number of ketones is 1. The quantitative estimate of drug-likeness (QED) is 0.359. The summed E-state index contributed by atoms with van der Waals surface area (Å²) in [6.45, 7) is 10.9. The molecule has 6 heteroatoms. The number of allylic oxidation sites excluding steroid dienone is 2. The van der Waals surface area contributed by atoms with Crippen LogP contribution in [0, 0.1) is 34.5 Å². The number of hydrogen-bond acceptors (Lipinski definition) is 6. The molecule has 0 heterocycles. The third-order valence-corrected chi connectivity index (χ3v) is 8.81. The fraction of sp³-hybridized carbons (Fsp3) is 0.680. The number of esters is 1. The van der Waals surface area contributed by atoms with Gasteiger partial charge in [-0.3, -0.25) is 4.79 Å². The average Bonchev–Trinajstić information content (AvgIpc) is 3.22. The molecule has 0 aromatic heterocycles. The van der Waals surface area contributed by atoms with Crippen LogP contribution in [0.3, 0.4) is 0 Å². The van der Waals surface area contributed by atoms with E-state index in [0.29, 0.717) is 17.6 Å². The normalized spacial score (nSPS) is 45.2. The van der Waals surface area contributed by atoms with Crippen LogP contribution in [-0.2, 0) is 14.3 Å². The molecule has 31 heavy (non-hydrogen) atoms. The van der Waals surface area contributed by atoms with Crippen LogP contribution in [0.2, 0.25) is 0 Å². The van der Waals surface area contributed by atoms with E-state index in [1.54, 1.807) is 39.0 Å². The minimum atomic E-state index is -2.08. The van der Waals surface area contributed by atoms with E-state index in [9.17, 15) is 24.9 Å². The number of carbonyl (C=O) groups is 2. The van der Waals surface area contributed by atoms with Crippen molar-refractivity contribution in [1.29, 1.82) is 0 Å². The lowest BCUT2D eigenvalue weighted by molar-refractivity contribution is -0.207. The third kappa shape index (κ3) is 2.50. The lowest BCUT2D eigenvalue weighted by Crippen LogP contribution is -2.67. The van der Waals surface area contributed by atoms with Gasteiger partial charge in [0.2, 0.25) is 0 Å². The van der Waals surface area contributed by atoms with Crippen molar-refractivity contribution in [3.8, 4) is 0 Å². The molecule has 2 fully saturated rings. The zero-order valence-corrected chi connectivity index (χ0v) is 19.2. The minimum Gasteiger partial charge on any atom is -0.451 e. The Morgan fingerprint density at radius 1 is 1.29 bits per heavy atom. The molecule has 2 saturated carbocycles. The predicted octanol–water partition coefficient (Wildman–Crippen LogP) is 2.33. The van der Waals surface area contributed by atoms with Crippen LogP contribution < -0.4 is 0 Å². The second-order valence-electron chi connectivity index (χ2n) is 10.4. The van der Waals surface area contributed by atoms with Gasteiger partial charge in [0.25, 0.3) is 0 Å². The summed E-state index contributed by atoms with van der Waals surface area (Å²) >= 11 is 0. The number of rotatable bonds is 4. The molecule has 0 saturated heterocycles. The molecule has 170 valence electrons. The Morgan fingerprint density at radius 2 is 1.94 bits per heavy atom. The SMILES string of the molecule is C/C=C(\C)C(=O)O[C@H]1C(C)=C[C@]23C(=O)[C@@H](C=C(CO)[C@@H](O)[C@]12O)[C@H]1[C@@H](C3CC)C1(C)C. The van der Waals surface area contributed by atoms with Gasteiger partial charge in [0.15, 0.2) is 17.5 Å². The van der Waals surface area contributed by atoms with Gasteiger partial charge in [-0.2, -0.15) is 0 Å². The first-order valence-corrected chi connectivity index (χ1v) is 11.2. The summed E-state index contributed by atoms with van der Waals surface area (Å²) in [5.74, 6) is -1.16. The van der Waals surface area contributed by atoms with Crippen molar-refractivity contribution >= 4 is 11.8 Å². The number of ether oxygens (including phenoxy) is 1. The van der Waals surface area contributed by atoms with Gasteiger partial charge in [-0.15, -0.1) is 0 Å². The number of aliphatic hydroxyl groups excluding tert-OH is 2. The number of carbonyl (C=O) groups excluding carboxylic acids is 2. The standard InChI is InChI=1S/C25H34O6/c1-7-12(3)22(29)31-21-13(4)10-24-16(8-2)18-17(23(18,5)6)15(20(24)28)9-14(11-26)19(27)25(21,24)30/h7,9-10,15-19,21,26-27,30H,8,11H2,1-6H3/b12-7+/t15-,16?,17-,18+,19+,21-,24-,25-/m0/s1. The van der Waals surface area contributed by atoms with Crippen LogP contribution in [0.1, 0.15) is 48.0 Å². The van der Waals surface area contributed by atoms with Crippen molar-refractivity contribution in [2.24, 2.45) is 34.5 Å². The molecule has 1 spiro atoms. The van der Waals surface area contributed by atoms with Crippen molar-refractivity contribution < 1.29 is 29.6 Å². The number of hydrogen-bond donors (Lipinski definition) is 3. The molecular formula is C25H34O6. The van der Waals surface area contributed by atoms with Gasteiger partial charge in [0.1, 0.15) is 6.10 Å². The van der Waals surface area contributed by atoms with Gasteiger partial charge in [-0.25, -0.2) is 4.79 Å². The molecule has 2 bridgehead atoms. The Labute approximate surface area is 183 Å². The smallest absolute Gasteiger partial charge is 0.334 e. The van der Waals surface area contributed by atoms with E-state index in [-0.39, 0.29) is 34.5 Å². The zero-order valence-electron chi connectivity index (χ0n) is 19.2. The van der Waals surface area contributed by atoms with E-state index in [4.69, 9.17) is 4.74 Å². The summed E-state index contributed by atoms with van der Waals surface area (Å²) in [4.78, 5) is 26.8. The maximum atomic E-state index is 14.1. The van der Waals surface area contributed by atoms with Gasteiger partial charge in [-0.05, 0) is 55.1 Å². The largest absolute Gasteiger partial charge is 0.451 e. The van der Waals surface area contributed by atoms with E-state index < -0.39 is 41.7 Å². The summed E-state index contributed by atoms with van der Waals surface area (Å²) in [5.41, 5.74) is -2.41. The molecule has 0 radical (unpaired) electrons. The molecule has 4 rings (SSSR count). The second-order valence-corrected chi connectivity index (χ2v) is 10.4. The first-order valence-electron chi connectivity index (χ1n) is 11.2. The van der Waals surface area contributed by atoms with Crippen molar-refractivity contribution in [1.82, 2.24) is 0 Å². The van der Waals surface area contributed by atoms with Crippen LogP contribution in [0.4, 0.5) is 0 Å². The molecular weight excluding hydrogens is 396 g/mol. The van der Waals surface area contributed by atoms with E-state index in [1.807, 2.05) is 6.92 Å². The highest BCUT2D eigenvalue weighted by molar-refractivity contribution is 5.96. The molecule has 4 aliphatic carbocycles. The van der Waals surface area contributed by atoms with Crippen molar-refractivity contribution in [2.45, 2.75) is 65.8 Å². The van der Waals surface area contributed by atoms with Crippen molar-refractivity contribution in [3.63, 3.8) is 0 Å². The zero-order chi connectivity index (χ0) is 23.1. The van der Waals surface area contributed by atoms with Gasteiger partial charge in [-0.1, -0.05) is 45.4 Å². The predicted molar refractivity (Wildman–Crippen MR) is 115 cm³/mol. The average molecular weight is 431 g/mol. The molecule has 0 aliphatic heterocycles. The lowest BCUT2D eigenvalue weighted by Gasteiger charge is -2.51. The lowest BCUT2D eigenvalue weighted by atomic mass is 9.54. The maximum absolute atomic E-state index is 14.1. The number of aliphatic hydroxyl groups is 3. The van der Waals surface area contributed by atoms with Gasteiger partial charge >= 0.3 is 5.97 Å². The highest BCUT2D eigenvalue weighted by Crippen LogP contribution is 2.76. The highest BCUT2D eigenvalue weighted by atomic mass is 16.6. The molecule has 1 unspecified atom stereocenters. The molecule has 0 aromatic rings. The highest BCUT2D eigenvalue weighted by Gasteiger charge is 2.81. The van der Waals surface area contributed by atoms with Crippen LogP contribution in [0.15, 0.2) is 34.9 Å². The molecule has 8 atom stereocenters. The summed E-state index contributed by atoms with van der Waals surface area (Å²) in [7, 11) is 0. The second kappa shape index (κ2) is 6.87. The monoisotopic (exact) mass is 430 g/mol. The van der Waals surface area contributed by atoms with Gasteiger partial charge in [0, 0.05) is 11.5 Å². The molecule has 3 N–H and O–H groups in total. The Bertz CT molecular complexity index is 926. The van der Waals surface area contributed by atoms with Gasteiger partial charge < -0.3 is 20.1 Å². The Kier molecular flexibility index (Phi) is 4.97. The van der Waals surface area contributed by atoms with Crippen molar-refractivity contribution in [2.75, 3.05) is 6.61 Å². The van der Waals surface area contributed by atoms with Crippen molar-refractivity contribution in [3.05, 3.63) is 34.9 Å². The summed E-state index contributed by atoms with van der Waals surface area (Å²) in [6.07, 6.45) is 2.98. The van der Waals surface area contributed by atoms with E-state index in [2.05, 4.69) is 13.8 Å². The van der Waals surface area contributed by atoms with Crippen LogP contribution in [0.5, 0.6) is 0 Å². The summed E-state index contributed by atoms with van der Waals surface area (Å²) in [6, 6.07) is 0. The summed E-state index contributed by atoms with van der Waals surface area (Å²) < 4.78 is 5.75. The minimum absolute atomic E-state index is 0.0944. The van der Waals surface area contributed by atoms with Crippen LogP contribution >= 0.6 is 0 Å². The van der Waals surface area contributed by atoms with E-state index in [0.717, 1.165) is 0 Å². The molecule has 6 nitrogen and oxygen atoms in total. The summed E-state index contributed by atoms with van der Waals surface area (Å²) in [5, 5.41) is 33.8. The van der Waals surface area contributed by atoms with Crippen LogP contribution in [0.25, 0.3) is 0 Å². The number of Topliss-reactive ketones (excluding diaryl/α,β-unsaturated/α-hetero) is 1. The van der Waals surface area contributed by atoms with E-state index >= 15 is 0 Å². The topological polar surface area (TPSA) is 104 Å².